The first-order valence-corrected chi connectivity index (χ1v) is 11.7. The molecule has 0 saturated carbocycles. The molecule has 0 unspecified atom stereocenters. The number of thiophene rings is 1. The molecule has 9 heteroatoms. The zero-order chi connectivity index (χ0) is 24.3. The zero-order valence-corrected chi connectivity index (χ0v) is 19.8. The van der Waals surface area contributed by atoms with E-state index in [1.807, 2.05) is 47.8 Å². The second kappa shape index (κ2) is 12.6. The van der Waals surface area contributed by atoms with E-state index in [0.717, 1.165) is 10.4 Å². The van der Waals surface area contributed by atoms with E-state index in [-0.39, 0.29) is 24.0 Å². The van der Waals surface area contributed by atoms with E-state index in [0.29, 0.717) is 38.2 Å². The highest BCUT2D eigenvalue weighted by Gasteiger charge is 2.23. The molecule has 0 N–H and O–H groups in total. The van der Waals surface area contributed by atoms with E-state index in [1.165, 1.54) is 29.2 Å². The zero-order valence-electron chi connectivity index (χ0n) is 19.0. The van der Waals surface area contributed by atoms with E-state index in [9.17, 15) is 19.7 Å². The molecule has 2 aromatic carbocycles. The predicted octanol–water partition coefficient (Wildman–Crippen LogP) is 4.36. The minimum atomic E-state index is -0.514. The van der Waals surface area contributed by atoms with Gasteiger partial charge in [0.05, 0.1) is 11.5 Å². The molecule has 34 heavy (non-hydrogen) atoms. The molecule has 178 valence electrons. The van der Waals surface area contributed by atoms with Gasteiger partial charge < -0.3 is 14.5 Å². The van der Waals surface area contributed by atoms with Gasteiger partial charge in [0.2, 0.25) is 5.91 Å². The summed E-state index contributed by atoms with van der Waals surface area (Å²) >= 11 is 1.58. The van der Waals surface area contributed by atoms with Gasteiger partial charge in [0, 0.05) is 49.4 Å². The Labute approximate surface area is 202 Å². The molecule has 0 spiro atoms. The number of carbonyl (C=O) groups is 2. The fraction of sp³-hybridized carbons (Fsp3) is 0.280. The second-order valence-corrected chi connectivity index (χ2v) is 8.72. The molecule has 0 saturated heterocycles. The van der Waals surface area contributed by atoms with Crippen LogP contribution in [0.4, 0.5) is 5.69 Å². The average Bonchev–Trinajstić information content (AvgIpc) is 3.36. The van der Waals surface area contributed by atoms with Crippen molar-refractivity contribution in [3.05, 3.63) is 98.2 Å². The van der Waals surface area contributed by atoms with Gasteiger partial charge in [-0.1, -0.05) is 36.4 Å². The van der Waals surface area contributed by atoms with E-state index in [1.54, 1.807) is 23.3 Å². The number of nitro benzene ring substituents is 1. The lowest BCUT2D eigenvalue weighted by atomic mass is 10.1. The Morgan fingerprint density at radius 1 is 0.971 bits per heavy atom. The van der Waals surface area contributed by atoms with Gasteiger partial charge in [0.1, 0.15) is 6.54 Å². The second-order valence-electron chi connectivity index (χ2n) is 7.69. The number of ether oxygens (including phenoxy) is 1. The van der Waals surface area contributed by atoms with Crippen molar-refractivity contribution in [3.63, 3.8) is 0 Å². The molecule has 0 aliphatic carbocycles. The number of methoxy groups -OCH3 is 1. The number of hydrogen-bond acceptors (Lipinski definition) is 6. The fourth-order valence-corrected chi connectivity index (χ4v) is 4.17. The Bertz CT molecular complexity index is 1070. The standard InChI is InChI=1S/C25H27N3O5S/c1-33-15-6-14-26(25(30)21-10-12-22(13-11-21)28(31)32)19-24(29)27(18-23-9-5-16-34-23)17-20-7-3-2-4-8-20/h2-5,7-13,16H,6,14-15,17-19H2,1H3. The number of hydrogen-bond donors (Lipinski definition) is 0. The fourth-order valence-electron chi connectivity index (χ4n) is 3.45. The topological polar surface area (TPSA) is 93.0 Å². The van der Waals surface area contributed by atoms with Crippen LogP contribution in [0.25, 0.3) is 0 Å². The van der Waals surface area contributed by atoms with Crippen LogP contribution < -0.4 is 0 Å². The van der Waals surface area contributed by atoms with Crippen molar-refractivity contribution in [2.24, 2.45) is 0 Å². The number of amides is 2. The third-order valence-corrected chi connectivity index (χ3v) is 6.07. The molecule has 0 aliphatic rings. The van der Waals surface area contributed by atoms with E-state index in [4.69, 9.17) is 4.74 Å². The third-order valence-electron chi connectivity index (χ3n) is 5.21. The number of nitro groups is 1. The Hall–Kier alpha value is -3.56. The van der Waals surface area contributed by atoms with Gasteiger partial charge in [-0.05, 0) is 35.6 Å². The van der Waals surface area contributed by atoms with Crippen LogP contribution in [0.15, 0.2) is 72.1 Å². The quantitative estimate of drug-likeness (QED) is 0.218. The highest BCUT2D eigenvalue weighted by molar-refractivity contribution is 7.09. The van der Waals surface area contributed by atoms with Crippen LogP contribution in [0.5, 0.6) is 0 Å². The molecule has 8 nitrogen and oxygen atoms in total. The van der Waals surface area contributed by atoms with Gasteiger partial charge in [-0.3, -0.25) is 19.7 Å². The number of benzene rings is 2. The van der Waals surface area contributed by atoms with Crippen molar-refractivity contribution in [2.75, 3.05) is 26.8 Å². The van der Waals surface area contributed by atoms with Crippen LogP contribution in [-0.4, -0.2) is 53.3 Å². The molecule has 0 aliphatic heterocycles. The summed E-state index contributed by atoms with van der Waals surface area (Å²) in [5.74, 6) is -0.528. The number of carbonyl (C=O) groups excluding carboxylic acids is 2. The Morgan fingerprint density at radius 3 is 2.32 bits per heavy atom. The van der Waals surface area contributed by atoms with Crippen LogP contribution in [0, 0.1) is 10.1 Å². The van der Waals surface area contributed by atoms with Crippen molar-refractivity contribution in [1.29, 1.82) is 0 Å². The molecule has 0 bridgehead atoms. The van der Waals surface area contributed by atoms with Crippen LogP contribution >= 0.6 is 11.3 Å². The summed E-state index contributed by atoms with van der Waals surface area (Å²) in [6, 6.07) is 19.1. The SMILES string of the molecule is COCCCN(CC(=O)N(Cc1ccccc1)Cc1cccs1)C(=O)c1ccc([N+](=O)[O-])cc1. The highest BCUT2D eigenvalue weighted by atomic mass is 32.1. The van der Waals surface area contributed by atoms with Gasteiger partial charge in [0.25, 0.3) is 11.6 Å². The Morgan fingerprint density at radius 2 is 1.71 bits per heavy atom. The monoisotopic (exact) mass is 481 g/mol. The van der Waals surface area contributed by atoms with Crippen molar-refractivity contribution >= 4 is 28.8 Å². The molecule has 0 atom stereocenters. The molecule has 0 fully saturated rings. The van der Waals surface area contributed by atoms with E-state index >= 15 is 0 Å². The van der Waals surface area contributed by atoms with Gasteiger partial charge in [-0.15, -0.1) is 11.3 Å². The van der Waals surface area contributed by atoms with Crippen LogP contribution in [0.2, 0.25) is 0 Å². The van der Waals surface area contributed by atoms with Crippen molar-refractivity contribution in [2.45, 2.75) is 19.5 Å². The summed E-state index contributed by atoms with van der Waals surface area (Å²) in [7, 11) is 1.58. The highest BCUT2D eigenvalue weighted by Crippen LogP contribution is 2.17. The lowest BCUT2D eigenvalue weighted by Gasteiger charge is -2.28. The molecule has 3 aromatic rings. The molecule has 1 aromatic heterocycles. The summed E-state index contributed by atoms with van der Waals surface area (Å²) in [5, 5.41) is 12.9. The summed E-state index contributed by atoms with van der Waals surface area (Å²) < 4.78 is 5.11. The number of rotatable bonds is 12. The maximum Gasteiger partial charge on any atom is 0.269 e. The van der Waals surface area contributed by atoms with Crippen LogP contribution in [0.3, 0.4) is 0 Å². The Balaban J connectivity index is 1.78. The maximum absolute atomic E-state index is 13.4. The number of nitrogens with zero attached hydrogens (tertiary/aromatic N) is 3. The number of non-ortho nitro benzene ring substituents is 1. The molecule has 1 heterocycles. The normalized spacial score (nSPS) is 10.6. The third kappa shape index (κ3) is 7.23. The van der Waals surface area contributed by atoms with Gasteiger partial charge in [0.15, 0.2) is 0 Å². The minimum Gasteiger partial charge on any atom is -0.385 e. The van der Waals surface area contributed by atoms with Crippen molar-refractivity contribution in [3.8, 4) is 0 Å². The maximum atomic E-state index is 13.4. The smallest absolute Gasteiger partial charge is 0.269 e. The first-order chi connectivity index (χ1) is 16.5. The molecule has 3 rings (SSSR count). The lowest BCUT2D eigenvalue weighted by molar-refractivity contribution is -0.384. The first-order valence-electron chi connectivity index (χ1n) is 10.8. The summed E-state index contributed by atoms with van der Waals surface area (Å²) in [6.07, 6.45) is 0.562. The van der Waals surface area contributed by atoms with Crippen LogP contribution in [-0.2, 0) is 22.6 Å². The van der Waals surface area contributed by atoms with Crippen molar-refractivity contribution < 1.29 is 19.2 Å². The summed E-state index contributed by atoms with van der Waals surface area (Å²) in [5.41, 5.74) is 1.20. The van der Waals surface area contributed by atoms with Crippen LogP contribution in [0.1, 0.15) is 27.2 Å². The van der Waals surface area contributed by atoms with Crippen molar-refractivity contribution in [1.82, 2.24) is 9.80 Å². The predicted molar refractivity (Wildman–Crippen MR) is 131 cm³/mol. The van der Waals surface area contributed by atoms with E-state index < -0.39 is 4.92 Å². The molecular formula is C25H27N3O5S. The largest absolute Gasteiger partial charge is 0.385 e. The van der Waals surface area contributed by atoms with Gasteiger partial charge >= 0.3 is 0 Å². The summed E-state index contributed by atoms with van der Waals surface area (Å²) in [6.45, 7) is 1.55. The molecular weight excluding hydrogens is 454 g/mol. The average molecular weight is 482 g/mol. The Kier molecular flexibility index (Phi) is 9.30. The molecule has 2 amide bonds. The summed E-state index contributed by atoms with van der Waals surface area (Å²) in [4.78, 5) is 41.3. The lowest BCUT2D eigenvalue weighted by Crippen LogP contribution is -2.43. The minimum absolute atomic E-state index is 0.0939. The van der Waals surface area contributed by atoms with Gasteiger partial charge in [-0.2, -0.15) is 0 Å². The first kappa shape index (κ1) is 25.1. The molecule has 0 radical (unpaired) electrons. The van der Waals surface area contributed by atoms with Gasteiger partial charge in [-0.25, -0.2) is 0 Å². The van der Waals surface area contributed by atoms with E-state index in [2.05, 4.69) is 0 Å².